The molecular formula is C12H16N4. The fraction of sp³-hybridized carbons (Fsp3) is 0.250. The second-order valence-corrected chi connectivity index (χ2v) is 3.83. The molecule has 0 saturated carbocycles. The van der Waals surface area contributed by atoms with E-state index >= 15 is 0 Å². The normalized spacial score (nSPS) is 10.3. The van der Waals surface area contributed by atoms with Crippen LogP contribution in [0.4, 0.5) is 11.4 Å². The zero-order valence-electron chi connectivity index (χ0n) is 9.35. The van der Waals surface area contributed by atoms with Gasteiger partial charge >= 0.3 is 0 Å². The number of rotatable bonds is 4. The summed E-state index contributed by atoms with van der Waals surface area (Å²) in [5.74, 6) is 0. The maximum absolute atomic E-state index is 5.69. The highest BCUT2D eigenvalue weighted by Crippen LogP contribution is 2.11. The molecule has 1 aromatic heterocycles. The van der Waals surface area contributed by atoms with Gasteiger partial charge < -0.3 is 11.1 Å². The van der Waals surface area contributed by atoms with Crippen molar-refractivity contribution in [3.05, 3.63) is 42.2 Å². The molecule has 0 aliphatic heterocycles. The average Bonchev–Trinajstić information content (AvgIpc) is 2.64. The lowest BCUT2D eigenvalue weighted by Gasteiger charge is -2.06. The number of nitrogens with zero attached hydrogens (tertiary/aromatic N) is 2. The van der Waals surface area contributed by atoms with Crippen molar-refractivity contribution in [2.75, 3.05) is 17.6 Å². The van der Waals surface area contributed by atoms with E-state index in [-0.39, 0.29) is 0 Å². The lowest BCUT2D eigenvalue weighted by atomic mass is 10.3. The first-order valence-corrected chi connectivity index (χ1v) is 5.32. The van der Waals surface area contributed by atoms with Crippen molar-refractivity contribution >= 4 is 11.4 Å². The molecule has 0 unspecified atom stereocenters. The monoisotopic (exact) mass is 216 g/mol. The van der Waals surface area contributed by atoms with Gasteiger partial charge in [0.2, 0.25) is 0 Å². The molecule has 84 valence electrons. The van der Waals surface area contributed by atoms with Gasteiger partial charge in [-0.1, -0.05) is 6.07 Å². The third kappa shape index (κ3) is 2.76. The van der Waals surface area contributed by atoms with Crippen molar-refractivity contribution in [1.29, 1.82) is 0 Å². The van der Waals surface area contributed by atoms with Crippen LogP contribution < -0.4 is 11.1 Å². The minimum Gasteiger partial charge on any atom is -0.399 e. The number of nitrogen functional groups attached to an aromatic ring is 1. The lowest BCUT2D eigenvalue weighted by molar-refractivity contribution is 0.637. The molecule has 1 aromatic carbocycles. The summed E-state index contributed by atoms with van der Waals surface area (Å²) in [7, 11) is 0. The third-order valence-electron chi connectivity index (χ3n) is 2.32. The summed E-state index contributed by atoms with van der Waals surface area (Å²) < 4.78 is 1.93. The summed E-state index contributed by atoms with van der Waals surface area (Å²) in [6.07, 6.45) is 3.89. The SMILES string of the molecule is Cc1cnn(CCNc2cccc(N)c2)c1. The molecule has 4 nitrogen and oxygen atoms in total. The molecule has 0 aliphatic carbocycles. The first-order valence-electron chi connectivity index (χ1n) is 5.32. The van der Waals surface area contributed by atoms with E-state index in [9.17, 15) is 0 Å². The zero-order chi connectivity index (χ0) is 11.4. The van der Waals surface area contributed by atoms with Gasteiger partial charge in [-0.05, 0) is 30.7 Å². The summed E-state index contributed by atoms with van der Waals surface area (Å²) in [5.41, 5.74) is 8.69. The van der Waals surface area contributed by atoms with E-state index in [1.54, 1.807) is 0 Å². The zero-order valence-corrected chi connectivity index (χ0v) is 9.35. The quantitative estimate of drug-likeness (QED) is 0.767. The van der Waals surface area contributed by atoms with E-state index in [1.165, 1.54) is 5.56 Å². The first kappa shape index (κ1) is 10.5. The molecule has 0 atom stereocenters. The Morgan fingerprint density at radius 1 is 1.44 bits per heavy atom. The Balaban J connectivity index is 1.84. The van der Waals surface area contributed by atoms with Crippen LogP contribution >= 0.6 is 0 Å². The molecule has 4 heteroatoms. The van der Waals surface area contributed by atoms with E-state index in [0.717, 1.165) is 24.5 Å². The Morgan fingerprint density at radius 2 is 2.31 bits per heavy atom. The number of hydrogen-bond acceptors (Lipinski definition) is 3. The molecule has 0 amide bonds. The highest BCUT2D eigenvalue weighted by molar-refractivity contribution is 5.53. The summed E-state index contributed by atoms with van der Waals surface area (Å²) in [6.45, 7) is 3.72. The van der Waals surface area contributed by atoms with Crippen molar-refractivity contribution < 1.29 is 0 Å². The Hall–Kier alpha value is -1.97. The maximum Gasteiger partial charge on any atom is 0.0582 e. The van der Waals surface area contributed by atoms with Crippen LogP contribution in [0.15, 0.2) is 36.7 Å². The molecule has 0 saturated heterocycles. The van der Waals surface area contributed by atoms with Crippen LogP contribution in [0.1, 0.15) is 5.56 Å². The fourth-order valence-corrected chi connectivity index (χ4v) is 1.55. The van der Waals surface area contributed by atoms with E-state index in [2.05, 4.69) is 10.4 Å². The first-order chi connectivity index (χ1) is 7.74. The third-order valence-corrected chi connectivity index (χ3v) is 2.32. The highest BCUT2D eigenvalue weighted by atomic mass is 15.3. The van der Waals surface area contributed by atoms with E-state index in [0.29, 0.717) is 0 Å². The van der Waals surface area contributed by atoms with Gasteiger partial charge in [0, 0.05) is 24.1 Å². The molecule has 3 N–H and O–H groups in total. The van der Waals surface area contributed by atoms with Gasteiger partial charge in [0.25, 0.3) is 0 Å². The van der Waals surface area contributed by atoms with Gasteiger partial charge in [-0.25, -0.2) is 0 Å². The maximum atomic E-state index is 5.69. The topological polar surface area (TPSA) is 55.9 Å². The predicted molar refractivity (Wildman–Crippen MR) is 66.3 cm³/mol. The Morgan fingerprint density at radius 3 is 3.00 bits per heavy atom. The fourth-order valence-electron chi connectivity index (χ4n) is 1.55. The van der Waals surface area contributed by atoms with Crippen LogP contribution in [0.2, 0.25) is 0 Å². The summed E-state index contributed by atoms with van der Waals surface area (Å²) >= 11 is 0. The molecule has 0 radical (unpaired) electrons. The van der Waals surface area contributed by atoms with Crippen LogP contribution in [0, 0.1) is 6.92 Å². The molecule has 2 rings (SSSR count). The van der Waals surface area contributed by atoms with Gasteiger partial charge in [0.05, 0.1) is 12.7 Å². The van der Waals surface area contributed by atoms with Crippen molar-refractivity contribution in [2.24, 2.45) is 0 Å². The van der Waals surface area contributed by atoms with Crippen molar-refractivity contribution in [2.45, 2.75) is 13.5 Å². The van der Waals surface area contributed by atoms with Crippen molar-refractivity contribution in [1.82, 2.24) is 9.78 Å². The summed E-state index contributed by atoms with van der Waals surface area (Å²) in [4.78, 5) is 0. The Kier molecular flexibility index (Phi) is 3.10. The van der Waals surface area contributed by atoms with Crippen LogP contribution in [0.25, 0.3) is 0 Å². The number of aryl methyl sites for hydroxylation is 1. The Bertz CT molecular complexity index is 462. The van der Waals surface area contributed by atoms with E-state index in [4.69, 9.17) is 5.73 Å². The van der Waals surface area contributed by atoms with Crippen LogP contribution in [-0.2, 0) is 6.54 Å². The second-order valence-electron chi connectivity index (χ2n) is 3.83. The van der Waals surface area contributed by atoms with Gasteiger partial charge in [0.15, 0.2) is 0 Å². The molecule has 0 fully saturated rings. The molecule has 0 bridgehead atoms. The smallest absolute Gasteiger partial charge is 0.0582 e. The molecular weight excluding hydrogens is 200 g/mol. The van der Waals surface area contributed by atoms with E-state index in [1.807, 2.05) is 48.3 Å². The molecule has 16 heavy (non-hydrogen) atoms. The van der Waals surface area contributed by atoms with E-state index < -0.39 is 0 Å². The number of nitrogens with two attached hydrogens (primary N) is 1. The summed E-state index contributed by atoms with van der Waals surface area (Å²) in [5, 5.41) is 7.52. The number of aromatic nitrogens is 2. The van der Waals surface area contributed by atoms with Gasteiger partial charge in [-0.15, -0.1) is 0 Å². The van der Waals surface area contributed by atoms with Crippen LogP contribution in [0.3, 0.4) is 0 Å². The molecule has 1 heterocycles. The van der Waals surface area contributed by atoms with Gasteiger partial charge in [-0.3, -0.25) is 4.68 Å². The van der Waals surface area contributed by atoms with Crippen molar-refractivity contribution in [3.63, 3.8) is 0 Å². The average molecular weight is 216 g/mol. The lowest BCUT2D eigenvalue weighted by Crippen LogP contribution is -2.10. The molecule has 0 aliphatic rings. The molecule has 0 spiro atoms. The number of benzene rings is 1. The largest absolute Gasteiger partial charge is 0.399 e. The predicted octanol–water partition coefficient (Wildman–Crippen LogP) is 1.89. The molecule has 2 aromatic rings. The standard InChI is InChI=1S/C12H16N4/c1-10-8-15-16(9-10)6-5-14-12-4-2-3-11(13)7-12/h2-4,7-9,14H,5-6,13H2,1H3. The minimum absolute atomic E-state index is 0.778. The number of hydrogen-bond donors (Lipinski definition) is 2. The number of nitrogens with one attached hydrogen (secondary N) is 1. The van der Waals surface area contributed by atoms with Gasteiger partial charge in [-0.2, -0.15) is 5.10 Å². The van der Waals surface area contributed by atoms with Crippen LogP contribution in [-0.4, -0.2) is 16.3 Å². The Labute approximate surface area is 95.1 Å². The van der Waals surface area contributed by atoms with Gasteiger partial charge in [0.1, 0.15) is 0 Å². The minimum atomic E-state index is 0.778. The van der Waals surface area contributed by atoms with Crippen LogP contribution in [0.5, 0.6) is 0 Å². The number of anilines is 2. The second kappa shape index (κ2) is 4.70. The highest BCUT2D eigenvalue weighted by Gasteiger charge is 1.95. The summed E-state index contributed by atoms with van der Waals surface area (Å²) in [6, 6.07) is 7.75. The van der Waals surface area contributed by atoms with Crippen molar-refractivity contribution in [3.8, 4) is 0 Å².